The molecule has 1 aromatic carbocycles. The minimum Gasteiger partial charge on any atom is -0.327 e. The molecule has 0 bridgehead atoms. The van der Waals surface area contributed by atoms with Gasteiger partial charge >= 0.3 is 12.4 Å². The van der Waals surface area contributed by atoms with Gasteiger partial charge in [-0.1, -0.05) is 0 Å². The molecule has 126 valence electrons. The zero-order chi connectivity index (χ0) is 17.7. The molecule has 0 spiro atoms. The maximum absolute atomic E-state index is 12.8. The Balaban J connectivity index is 2.16. The molecule has 0 aliphatic carbocycles. The second-order valence-electron chi connectivity index (χ2n) is 5.16. The van der Waals surface area contributed by atoms with E-state index < -0.39 is 23.5 Å². The number of rotatable bonds is 1. The summed E-state index contributed by atoms with van der Waals surface area (Å²) in [5, 5.41) is 0. The number of halogens is 6. The average Bonchev–Trinajstić information content (AvgIpc) is 2.82. The van der Waals surface area contributed by atoms with Crippen LogP contribution in [0.15, 0.2) is 36.7 Å². The van der Waals surface area contributed by atoms with Gasteiger partial charge in [0.2, 0.25) is 0 Å². The highest BCUT2D eigenvalue weighted by molar-refractivity contribution is 5.81. The van der Waals surface area contributed by atoms with Gasteiger partial charge in [0.1, 0.15) is 5.82 Å². The van der Waals surface area contributed by atoms with E-state index in [2.05, 4.69) is 9.97 Å². The quantitative estimate of drug-likeness (QED) is 0.600. The largest absolute Gasteiger partial charge is 0.417 e. The Morgan fingerprint density at radius 2 is 1.54 bits per heavy atom. The van der Waals surface area contributed by atoms with E-state index in [4.69, 9.17) is 0 Å². The van der Waals surface area contributed by atoms with E-state index in [-0.39, 0.29) is 16.9 Å². The first-order valence-corrected chi connectivity index (χ1v) is 6.63. The lowest BCUT2D eigenvalue weighted by atomic mass is 10.2. The van der Waals surface area contributed by atoms with E-state index in [9.17, 15) is 26.3 Å². The molecule has 24 heavy (non-hydrogen) atoms. The minimum atomic E-state index is -4.57. The molecule has 0 radical (unpaired) electrons. The van der Waals surface area contributed by atoms with E-state index in [0.717, 1.165) is 18.2 Å². The molecule has 3 rings (SSSR count). The SMILES string of the molecule is Cn1c(-c2cncc(C(F)(F)F)c2)nc2cc(C(F)(F)F)ccc21. The molecule has 0 fully saturated rings. The first-order chi connectivity index (χ1) is 11.1. The summed E-state index contributed by atoms with van der Waals surface area (Å²) in [7, 11) is 1.51. The second-order valence-corrected chi connectivity index (χ2v) is 5.16. The normalized spacial score (nSPS) is 12.8. The predicted molar refractivity (Wildman–Crippen MR) is 73.9 cm³/mol. The van der Waals surface area contributed by atoms with Gasteiger partial charge in [0, 0.05) is 25.0 Å². The van der Waals surface area contributed by atoms with Gasteiger partial charge in [-0.05, 0) is 24.3 Å². The summed E-state index contributed by atoms with van der Waals surface area (Å²) in [5.41, 5.74) is -1.35. The molecular weight excluding hydrogens is 336 g/mol. The van der Waals surface area contributed by atoms with Crippen LogP contribution in [0, 0.1) is 0 Å². The van der Waals surface area contributed by atoms with Crippen LogP contribution in [0.1, 0.15) is 11.1 Å². The lowest BCUT2D eigenvalue weighted by Crippen LogP contribution is -2.06. The Kier molecular flexibility index (Phi) is 3.54. The van der Waals surface area contributed by atoms with Crippen LogP contribution in [-0.2, 0) is 19.4 Å². The molecule has 0 saturated heterocycles. The van der Waals surface area contributed by atoms with E-state index in [1.165, 1.54) is 23.9 Å². The Bertz CT molecular complexity index is 908. The molecule has 2 aromatic heterocycles. The summed E-state index contributed by atoms with van der Waals surface area (Å²) in [6, 6.07) is 3.85. The van der Waals surface area contributed by atoms with E-state index in [0.29, 0.717) is 11.7 Å². The number of imidazole rings is 1. The van der Waals surface area contributed by atoms with Crippen LogP contribution in [0.3, 0.4) is 0 Å². The summed E-state index contributed by atoms with van der Waals surface area (Å²) in [5.74, 6) is 0.0999. The van der Waals surface area contributed by atoms with Gasteiger partial charge in [-0.2, -0.15) is 26.3 Å². The van der Waals surface area contributed by atoms with Gasteiger partial charge in [0.15, 0.2) is 0 Å². The molecule has 3 aromatic rings. The number of pyridine rings is 1. The fourth-order valence-corrected chi connectivity index (χ4v) is 2.35. The highest BCUT2D eigenvalue weighted by Crippen LogP contribution is 2.34. The highest BCUT2D eigenvalue weighted by atomic mass is 19.4. The van der Waals surface area contributed by atoms with Crippen molar-refractivity contribution in [3.63, 3.8) is 0 Å². The van der Waals surface area contributed by atoms with Gasteiger partial charge in [-0.25, -0.2) is 4.98 Å². The zero-order valence-corrected chi connectivity index (χ0v) is 12.1. The summed E-state index contributed by atoms with van der Waals surface area (Å²) >= 11 is 0. The van der Waals surface area contributed by atoms with Crippen LogP contribution >= 0.6 is 0 Å². The molecule has 2 heterocycles. The summed E-state index contributed by atoms with van der Waals surface area (Å²) < 4.78 is 78.0. The zero-order valence-electron chi connectivity index (χ0n) is 12.1. The van der Waals surface area contributed by atoms with Crippen LogP contribution in [0.2, 0.25) is 0 Å². The van der Waals surface area contributed by atoms with Gasteiger partial charge in [-0.15, -0.1) is 0 Å². The number of fused-ring (bicyclic) bond motifs is 1. The van der Waals surface area contributed by atoms with Gasteiger partial charge in [-0.3, -0.25) is 4.98 Å². The molecule has 0 N–H and O–H groups in total. The monoisotopic (exact) mass is 345 g/mol. The predicted octanol–water partition coefficient (Wildman–Crippen LogP) is 4.67. The van der Waals surface area contributed by atoms with Crippen LogP contribution in [-0.4, -0.2) is 14.5 Å². The van der Waals surface area contributed by atoms with Gasteiger partial charge < -0.3 is 4.57 Å². The summed E-state index contributed by atoms with van der Waals surface area (Å²) in [4.78, 5) is 7.58. The van der Waals surface area contributed by atoms with Crippen molar-refractivity contribution in [3.8, 4) is 11.4 Å². The number of benzene rings is 1. The molecular formula is C15H9F6N3. The Morgan fingerprint density at radius 3 is 2.17 bits per heavy atom. The number of alkyl halides is 6. The van der Waals surface area contributed by atoms with E-state index in [1.807, 2.05) is 0 Å². The first-order valence-electron chi connectivity index (χ1n) is 6.63. The van der Waals surface area contributed by atoms with E-state index >= 15 is 0 Å². The maximum atomic E-state index is 12.8. The fourth-order valence-electron chi connectivity index (χ4n) is 2.35. The molecule has 0 unspecified atom stereocenters. The van der Waals surface area contributed by atoms with E-state index in [1.54, 1.807) is 0 Å². The number of aromatic nitrogens is 3. The molecule has 0 aliphatic rings. The topological polar surface area (TPSA) is 30.7 Å². The molecule has 0 amide bonds. The fraction of sp³-hybridized carbons (Fsp3) is 0.200. The van der Waals surface area contributed by atoms with Crippen molar-refractivity contribution in [2.45, 2.75) is 12.4 Å². The van der Waals surface area contributed by atoms with Crippen molar-refractivity contribution >= 4 is 11.0 Å². The highest BCUT2D eigenvalue weighted by Gasteiger charge is 2.32. The third-order valence-electron chi connectivity index (χ3n) is 3.53. The van der Waals surface area contributed by atoms with Gasteiger partial charge in [0.25, 0.3) is 0 Å². The average molecular weight is 345 g/mol. The second kappa shape index (κ2) is 5.22. The number of aryl methyl sites for hydroxylation is 1. The third kappa shape index (κ3) is 2.81. The van der Waals surface area contributed by atoms with Crippen LogP contribution in [0.25, 0.3) is 22.4 Å². The van der Waals surface area contributed by atoms with Crippen LogP contribution in [0.4, 0.5) is 26.3 Å². The summed E-state index contributed by atoms with van der Waals surface area (Å²) in [6.07, 6.45) is -7.24. The lowest BCUT2D eigenvalue weighted by Gasteiger charge is -2.08. The van der Waals surface area contributed by atoms with Gasteiger partial charge in [0.05, 0.1) is 22.2 Å². The van der Waals surface area contributed by atoms with Crippen molar-refractivity contribution < 1.29 is 26.3 Å². The molecule has 9 heteroatoms. The number of hydrogen-bond acceptors (Lipinski definition) is 2. The third-order valence-corrected chi connectivity index (χ3v) is 3.53. The minimum absolute atomic E-state index is 0.0414. The Morgan fingerprint density at radius 1 is 0.875 bits per heavy atom. The Labute approximate surface area is 131 Å². The van der Waals surface area contributed by atoms with Crippen LogP contribution in [0.5, 0.6) is 0 Å². The molecule has 3 nitrogen and oxygen atoms in total. The maximum Gasteiger partial charge on any atom is 0.417 e. The van der Waals surface area contributed by atoms with Crippen molar-refractivity contribution in [2.24, 2.45) is 7.05 Å². The summed E-state index contributed by atoms with van der Waals surface area (Å²) in [6.45, 7) is 0. The van der Waals surface area contributed by atoms with Crippen molar-refractivity contribution in [1.82, 2.24) is 14.5 Å². The smallest absolute Gasteiger partial charge is 0.327 e. The van der Waals surface area contributed by atoms with Crippen molar-refractivity contribution in [3.05, 3.63) is 47.8 Å². The first kappa shape index (κ1) is 16.3. The van der Waals surface area contributed by atoms with Crippen molar-refractivity contribution in [1.29, 1.82) is 0 Å². The van der Waals surface area contributed by atoms with Crippen LogP contribution < -0.4 is 0 Å². The number of nitrogens with zero attached hydrogens (tertiary/aromatic N) is 3. The molecule has 0 saturated carbocycles. The molecule has 0 aliphatic heterocycles. The number of hydrogen-bond donors (Lipinski definition) is 0. The standard InChI is InChI=1S/C15H9F6N3/c1-24-12-3-2-9(14(16,17)18)5-11(12)23-13(24)8-4-10(7-22-6-8)15(19,20)21/h2-7H,1H3. The van der Waals surface area contributed by atoms with Crippen molar-refractivity contribution in [2.75, 3.05) is 0 Å². The lowest BCUT2D eigenvalue weighted by molar-refractivity contribution is -0.138. The molecule has 0 atom stereocenters. The Hall–Kier alpha value is -2.58.